The zero-order chi connectivity index (χ0) is 21.8. The van der Waals surface area contributed by atoms with Crippen LogP contribution in [0.1, 0.15) is 28.4 Å². The van der Waals surface area contributed by atoms with Gasteiger partial charge < -0.3 is 11.1 Å². The number of nitrogens with zero attached hydrogens (tertiary/aromatic N) is 2. The fourth-order valence-electron chi connectivity index (χ4n) is 3.15. The maximum Gasteiger partial charge on any atom is 0.332 e. The highest BCUT2D eigenvalue weighted by Crippen LogP contribution is 2.20. The van der Waals surface area contributed by atoms with E-state index in [1.165, 1.54) is 4.57 Å². The summed E-state index contributed by atoms with van der Waals surface area (Å²) in [6, 6.07) is 14.6. The summed E-state index contributed by atoms with van der Waals surface area (Å²) in [4.78, 5) is 38.5. The van der Waals surface area contributed by atoms with E-state index in [1.807, 2.05) is 43.3 Å². The van der Waals surface area contributed by atoms with Gasteiger partial charge in [0.1, 0.15) is 11.4 Å². The minimum Gasteiger partial charge on any atom is -0.384 e. The lowest BCUT2D eigenvalue weighted by atomic mass is 10.1. The van der Waals surface area contributed by atoms with Crippen molar-refractivity contribution < 1.29 is 4.79 Å². The van der Waals surface area contributed by atoms with Crippen molar-refractivity contribution in [3.05, 3.63) is 91.1 Å². The Balaban J connectivity index is 1.97. The molecule has 0 spiro atoms. The van der Waals surface area contributed by atoms with Crippen molar-refractivity contribution >= 4 is 28.9 Å². The van der Waals surface area contributed by atoms with E-state index in [1.54, 1.807) is 19.1 Å². The number of aryl methyl sites for hydroxylation is 1. The Morgan fingerprint density at radius 2 is 1.80 bits per heavy atom. The van der Waals surface area contributed by atoms with Crippen LogP contribution in [0, 0.1) is 6.92 Å². The fourth-order valence-corrected chi connectivity index (χ4v) is 3.33. The summed E-state index contributed by atoms with van der Waals surface area (Å²) in [6.45, 7) is 3.68. The van der Waals surface area contributed by atoms with Crippen LogP contribution in [0.5, 0.6) is 0 Å². The van der Waals surface area contributed by atoms with Gasteiger partial charge in [-0.2, -0.15) is 0 Å². The van der Waals surface area contributed by atoms with Crippen LogP contribution in [-0.2, 0) is 13.1 Å². The van der Waals surface area contributed by atoms with Crippen LogP contribution in [0.4, 0.5) is 11.5 Å². The number of rotatable bonds is 7. The molecule has 3 aromatic rings. The number of halogens is 1. The number of benzene rings is 2. The van der Waals surface area contributed by atoms with Crippen molar-refractivity contribution in [3.8, 4) is 0 Å². The molecule has 0 radical (unpaired) electrons. The normalized spacial score (nSPS) is 10.8. The summed E-state index contributed by atoms with van der Waals surface area (Å²) in [5.41, 5.74) is 7.12. The van der Waals surface area contributed by atoms with Gasteiger partial charge in [0.25, 0.3) is 5.56 Å². The number of nitrogens with one attached hydrogen (secondary N) is 1. The molecule has 0 atom stereocenters. The van der Waals surface area contributed by atoms with E-state index in [2.05, 4.69) is 5.32 Å². The molecule has 30 heavy (non-hydrogen) atoms. The van der Waals surface area contributed by atoms with Gasteiger partial charge in [0.05, 0.1) is 13.1 Å². The highest BCUT2D eigenvalue weighted by atomic mass is 35.5. The van der Waals surface area contributed by atoms with Gasteiger partial charge in [-0.25, -0.2) is 4.79 Å². The van der Waals surface area contributed by atoms with E-state index in [0.717, 1.165) is 15.7 Å². The van der Waals surface area contributed by atoms with Crippen molar-refractivity contribution in [3.63, 3.8) is 0 Å². The third-order valence-corrected chi connectivity index (χ3v) is 5.28. The monoisotopic (exact) mass is 426 g/mol. The van der Waals surface area contributed by atoms with Crippen molar-refractivity contribution in [2.24, 2.45) is 0 Å². The summed E-state index contributed by atoms with van der Waals surface area (Å²) in [6.07, 6.45) is 0. The van der Waals surface area contributed by atoms with E-state index in [-0.39, 0.29) is 31.0 Å². The Kier molecular flexibility index (Phi) is 6.42. The molecule has 0 saturated carbocycles. The number of aromatic nitrogens is 2. The molecule has 0 amide bonds. The quantitative estimate of drug-likeness (QED) is 0.566. The van der Waals surface area contributed by atoms with Crippen LogP contribution in [0.15, 0.2) is 58.1 Å². The average Bonchev–Trinajstić information content (AvgIpc) is 2.73. The molecular formula is C22H23ClN4O3. The second kappa shape index (κ2) is 9.00. The van der Waals surface area contributed by atoms with Gasteiger partial charge in [-0.05, 0) is 37.1 Å². The van der Waals surface area contributed by atoms with Gasteiger partial charge in [-0.1, -0.05) is 48.0 Å². The van der Waals surface area contributed by atoms with Crippen LogP contribution in [0.2, 0.25) is 5.02 Å². The minimum atomic E-state index is -0.682. The Labute approximate surface area is 178 Å². The standard InChI is InChI=1S/C22H23ClN4O3/c1-3-26-21(29)19(18(28)12-25-16-10-9-14(2)17(23)11-16)20(24)27(22(26)30)13-15-7-5-4-6-8-15/h4-11,25H,3,12-13,24H2,1-2H3. The molecule has 2 aromatic carbocycles. The van der Waals surface area contributed by atoms with E-state index >= 15 is 0 Å². The Morgan fingerprint density at radius 1 is 1.10 bits per heavy atom. The number of carbonyl (C=O) groups is 1. The molecule has 3 rings (SSSR count). The second-order valence-electron chi connectivity index (χ2n) is 6.90. The predicted molar refractivity (Wildman–Crippen MR) is 120 cm³/mol. The summed E-state index contributed by atoms with van der Waals surface area (Å²) < 4.78 is 2.28. The molecule has 0 fully saturated rings. The number of anilines is 2. The first-order valence-electron chi connectivity index (χ1n) is 9.53. The first kappa shape index (κ1) is 21.4. The third kappa shape index (κ3) is 4.31. The molecule has 7 nitrogen and oxygen atoms in total. The molecule has 8 heteroatoms. The molecular weight excluding hydrogens is 404 g/mol. The lowest BCUT2D eigenvalue weighted by molar-refractivity contribution is 0.100. The van der Waals surface area contributed by atoms with E-state index in [9.17, 15) is 14.4 Å². The van der Waals surface area contributed by atoms with Crippen LogP contribution in [0.25, 0.3) is 0 Å². The number of hydrogen-bond acceptors (Lipinski definition) is 5. The number of carbonyl (C=O) groups excluding carboxylic acids is 1. The Bertz CT molecular complexity index is 1200. The van der Waals surface area contributed by atoms with E-state index in [4.69, 9.17) is 17.3 Å². The van der Waals surface area contributed by atoms with Gasteiger partial charge in [0.2, 0.25) is 0 Å². The molecule has 0 unspecified atom stereocenters. The van der Waals surface area contributed by atoms with Gasteiger partial charge in [-0.3, -0.25) is 18.7 Å². The topological polar surface area (TPSA) is 99.1 Å². The Morgan fingerprint density at radius 3 is 2.43 bits per heavy atom. The van der Waals surface area contributed by atoms with Crippen molar-refractivity contribution in [2.75, 3.05) is 17.6 Å². The highest BCUT2D eigenvalue weighted by Gasteiger charge is 2.22. The van der Waals surface area contributed by atoms with Crippen LogP contribution >= 0.6 is 11.6 Å². The SMILES string of the molecule is CCn1c(=O)c(C(=O)CNc2ccc(C)c(Cl)c2)c(N)n(Cc2ccccc2)c1=O. The number of ketones is 1. The molecule has 0 aliphatic heterocycles. The molecule has 0 bridgehead atoms. The summed E-state index contributed by atoms with van der Waals surface area (Å²) in [7, 11) is 0. The minimum absolute atomic E-state index is 0.132. The van der Waals surface area contributed by atoms with Crippen LogP contribution < -0.4 is 22.3 Å². The number of Topliss-reactive ketones (excluding diaryl/α,β-unsaturated/α-hetero) is 1. The van der Waals surface area contributed by atoms with Crippen LogP contribution in [0.3, 0.4) is 0 Å². The lowest BCUT2D eigenvalue weighted by Gasteiger charge is -2.16. The first-order valence-corrected chi connectivity index (χ1v) is 9.91. The first-order chi connectivity index (χ1) is 14.3. The second-order valence-corrected chi connectivity index (χ2v) is 7.31. The van der Waals surface area contributed by atoms with Gasteiger partial charge in [-0.15, -0.1) is 0 Å². The molecule has 0 aliphatic carbocycles. The molecule has 0 saturated heterocycles. The maximum absolute atomic E-state index is 12.9. The van der Waals surface area contributed by atoms with Crippen molar-refractivity contribution in [2.45, 2.75) is 26.9 Å². The van der Waals surface area contributed by atoms with Crippen molar-refractivity contribution in [1.82, 2.24) is 9.13 Å². The van der Waals surface area contributed by atoms with Crippen molar-refractivity contribution in [1.29, 1.82) is 0 Å². The van der Waals surface area contributed by atoms with E-state index in [0.29, 0.717) is 10.7 Å². The molecule has 156 valence electrons. The van der Waals surface area contributed by atoms with E-state index < -0.39 is 17.0 Å². The zero-order valence-corrected chi connectivity index (χ0v) is 17.6. The molecule has 1 heterocycles. The summed E-state index contributed by atoms with van der Waals surface area (Å²) >= 11 is 6.12. The molecule has 0 aliphatic rings. The lowest BCUT2D eigenvalue weighted by Crippen LogP contribution is -2.44. The third-order valence-electron chi connectivity index (χ3n) is 4.87. The summed E-state index contributed by atoms with van der Waals surface area (Å²) in [5.74, 6) is -0.634. The van der Waals surface area contributed by atoms with Gasteiger partial charge in [0, 0.05) is 17.3 Å². The summed E-state index contributed by atoms with van der Waals surface area (Å²) in [5, 5.41) is 3.53. The molecule has 1 aromatic heterocycles. The van der Waals surface area contributed by atoms with Crippen LogP contribution in [-0.4, -0.2) is 21.5 Å². The average molecular weight is 427 g/mol. The number of hydrogen-bond donors (Lipinski definition) is 2. The smallest absolute Gasteiger partial charge is 0.332 e. The maximum atomic E-state index is 12.9. The Hall–Kier alpha value is -3.32. The predicted octanol–water partition coefficient (Wildman–Crippen LogP) is 2.92. The molecule has 3 N–H and O–H groups in total. The number of nitrogens with two attached hydrogens (primary N) is 1. The number of nitrogen functional groups attached to an aromatic ring is 1. The largest absolute Gasteiger partial charge is 0.384 e. The van der Waals surface area contributed by atoms with Gasteiger partial charge in [0.15, 0.2) is 5.78 Å². The van der Waals surface area contributed by atoms with Gasteiger partial charge >= 0.3 is 5.69 Å². The highest BCUT2D eigenvalue weighted by molar-refractivity contribution is 6.31. The zero-order valence-electron chi connectivity index (χ0n) is 16.8. The fraction of sp³-hybridized carbons (Fsp3) is 0.227.